The predicted molar refractivity (Wildman–Crippen MR) is 70.9 cm³/mol. The van der Waals surface area contributed by atoms with Gasteiger partial charge in [-0.1, -0.05) is 17.7 Å². The fourth-order valence-electron chi connectivity index (χ4n) is 1.67. The molecule has 0 aliphatic heterocycles. The van der Waals surface area contributed by atoms with E-state index >= 15 is 0 Å². The highest BCUT2D eigenvalue weighted by Crippen LogP contribution is 2.29. The van der Waals surface area contributed by atoms with Crippen LogP contribution in [0.15, 0.2) is 23.6 Å². The van der Waals surface area contributed by atoms with E-state index in [0.29, 0.717) is 5.01 Å². The summed E-state index contributed by atoms with van der Waals surface area (Å²) in [5.41, 5.74) is 0.0655. The van der Waals surface area contributed by atoms with Crippen LogP contribution in [-0.2, 0) is 0 Å². The molecule has 0 saturated carbocycles. The van der Waals surface area contributed by atoms with Crippen molar-refractivity contribution >= 4 is 28.7 Å². The molecule has 0 aliphatic carbocycles. The number of benzene rings is 1. The van der Waals surface area contributed by atoms with Crippen molar-refractivity contribution in [3.8, 4) is 6.07 Å². The zero-order chi connectivity index (χ0) is 14.0. The lowest BCUT2D eigenvalue weighted by molar-refractivity contribution is 0.0973. The number of rotatable bonds is 3. The molecule has 0 fully saturated rings. The van der Waals surface area contributed by atoms with Crippen LogP contribution < -0.4 is 0 Å². The first-order valence-electron chi connectivity index (χ1n) is 5.34. The number of nitrogens with zero attached hydrogens (tertiary/aromatic N) is 2. The van der Waals surface area contributed by atoms with Crippen molar-refractivity contribution in [1.29, 1.82) is 5.26 Å². The second-order valence-electron chi connectivity index (χ2n) is 3.81. The number of aryl methyl sites for hydroxylation is 1. The van der Waals surface area contributed by atoms with Gasteiger partial charge < -0.3 is 0 Å². The molecule has 1 aromatic carbocycles. The Labute approximate surface area is 118 Å². The SMILES string of the molecule is Cc1nc(C(=O)C(C#N)c2c(F)cccc2Cl)cs1. The molecule has 6 heteroatoms. The molecule has 96 valence electrons. The van der Waals surface area contributed by atoms with Crippen molar-refractivity contribution in [1.82, 2.24) is 4.98 Å². The molecule has 0 radical (unpaired) electrons. The summed E-state index contributed by atoms with van der Waals surface area (Å²) in [6.07, 6.45) is 0. The Hall–Kier alpha value is -1.77. The third-order valence-electron chi connectivity index (χ3n) is 2.55. The molecule has 1 heterocycles. The second-order valence-corrected chi connectivity index (χ2v) is 5.28. The fourth-order valence-corrected chi connectivity index (χ4v) is 2.54. The van der Waals surface area contributed by atoms with Gasteiger partial charge in [-0.2, -0.15) is 5.26 Å². The van der Waals surface area contributed by atoms with E-state index in [1.165, 1.54) is 29.5 Å². The van der Waals surface area contributed by atoms with Crippen LogP contribution >= 0.6 is 22.9 Å². The average Bonchev–Trinajstić information content (AvgIpc) is 2.80. The maximum Gasteiger partial charge on any atom is 0.203 e. The van der Waals surface area contributed by atoms with Gasteiger partial charge in [-0.15, -0.1) is 11.3 Å². The molecule has 1 unspecified atom stereocenters. The first kappa shape index (κ1) is 13.7. The first-order valence-corrected chi connectivity index (χ1v) is 6.60. The summed E-state index contributed by atoms with van der Waals surface area (Å²) in [6.45, 7) is 1.75. The molecule has 0 bridgehead atoms. The van der Waals surface area contributed by atoms with E-state index in [9.17, 15) is 9.18 Å². The van der Waals surface area contributed by atoms with Gasteiger partial charge in [0.15, 0.2) is 0 Å². The standard InChI is InChI=1S/C13H8ClFN2OS/c1-7-17-11(6-19-7)13(18)8(5-16)12-9(14)3-2-4-10(12)15/h2-4,6,8H,1H3. The number of thiazole rings is 1. The van der Waals surface area contributed by atoms with Crippen LogP contribution in [0, 0.1) is 24.1 Å². The van der Waals surface area contributed by atoms with Gasteiger partial charge in [-0.05, 0) is 19.1 Å². The van der Waals surface area contributed by atoms with Crippen molar-refractivity contribution in [3.05, 3.63) is 50.7 Å². The quantitative estimate of drug-likeness (QED) is 0.810. The Balaban J connectivity index is 2.47. The third-order valence-corrected chi connectivity index (χ3v) is 3.65. The summed E-state index contributed by atoms with van der Waals surface area (Å²) >= 11 is 7.17. The summed E-state index contributed by atoms with van der Waals surface area (Å²) < 4.78 is 13.8. The number of halogens is 2. The molecule has 1 atom stereocenters. The van der Waals surface area contributed by atoms with Gasteiger partial charge in [-0.25, -0.2) is 9.37 Å². The number of aromatic nitrogens is 1. The molecule has 19 heavy (non-hydrogen) atoms. The molecule has 0 saturated heterocycles. The molecular weight excluding hydrogens is 287 g/mol. The van der Waals surface area contributed by atoms with Gasteiger partial charge in [0.1, 0.15) is 17.4 Å². The smallest absolute Gasteiger partial charge is 0.203 e. The third kappa shape index (κ3) is 2.65. The number of hydrogen-bond donors (Lipinski definition) is 0. The number of ketones is 1. The van der Waals surface area contributed by atoms with E-state index in [4.69, 9.17) is 16.9 Å². The molecule has 3 nitrogen and oxygen atoms in total. The Morgan fingerprint density at radius 3 is 2.84 bits per heavy atom. The highest BCUT2D eigenvalue weighted by Gasteiger charge is 2.28. The summed E-state index contributed by atoms with van der Waals surface area (Å²) in [7, 11) is 0. The molecular formula is C13H8ClFN2OS. The fraction of sp³-hybridized carbons (Fsp3) is 0.154. The Bertz CT molecular complexity index is 657. The zero-order valence-corrected chi connectivity index (χ0v) is 11.4. The van der Waals surface area contributed by atoms with Gasteiger partial charge in [0.25, 0.3) is 0 Å². The van der Waals surface area contributed by atoms with Gasteiger partial charge in [-0.3, -0.25) is 4.79 Å². The Morgan fingerprint density at radius 1 is 1.58 bits per heavy atom. The van der Waals surface area contributed by atoms with Crippen LogP contribution in [0.2, 0.25) is 5.02 Å². The molecule has 1 aromatic heterocycles. The van der Waals surface area contributed by atoms with E-state index in [1.807, 2.05) is 0 Å². The predicted octanol–water partition coefficient (Wildman–Crippen LogP) is 3.73. The number of Topliss-reactive ketones (excluding diaryl/α,β-unsaturated/α-hetero) is 1. The van der Waals surface area contributed by atoms with Crippen LogP contribution in [0.5, 0.6) is 0 Å². The normalized spacial score (nSPS) is 11.9. The van der Waals surface area contributed by atoms with Gasteiger partial charge in [0, 0.05) is 16.0 Å². The minimum absolute atomic E-state index is 0.0619. The van der Waals surface area contributed by atoms with Crippen LogP contribution in [0.3, 0.4) is 0 Å². The van der Waals surface area contributed by atoms with Crippen molar-refractivity contribution < 1.29 is 9.18 Å². The maximum absolute atomic E-state index is 13.8. The summed E-state index contributed by atoms with van der Waals surface area (Å²) in [6, 6.07) is 5.84. The lowest BCUT2D eigenvalue weighted by atomic mass is 9.94. The molecule has 0 N–H and O–H groups in total. The van der Waals surface area contributed by atoms with Gasteiger partial charge >= 0.3 is 0 Å². The van der Waals surface area contributed by atoms with Crippen LogP contribution in [-0.4, -0.2) is 10.8 Å². The van der Waals surface area contributed by atoms with E-state index in [2.05, 4.69) is 4.98 Å². The molecule has 2 aromatic rings. The highest BCUT2D eigenvalue weighted by atomic mass is 35.5. The summed E-state index contributed by atoms with van der Waals surface area (Å²) in [4.78, 5) is 16.2. The molecule has 0 amide bonds. The minimum atomic E-state index is -1.28. The Kier molecular flexibility index (Phi) is 3.93. The Morgan fingerprint density at radius 2 is 2.32 bits per heavy atom. The van der Waals surface area contributed by atoms with E-state index in [-0.39, 0.29) is 16.3 Å². The zero-order valence-electron chi connectivity index (χ0n) is 9.85. The lowest BCUT2D eigenvalue weighted by Gasteiger charge is -2.10. The van der Waals surface area contributed by atoms with Crippen LogP contribution in [0.25, 0.3) is 0 Å². The van der Waals surface area contributed by atoms with E-state index in [0.717, 1.165) is 0 Å². The summed E-state index contributed by atoms with van der Waals surface area (Å²) in [5, 5.41) is 11.5. The minimum Gasteiger partial charge on any atom is -0.291 e. The number of carbonyl (C=O) groups excluding carboxylic acids is 1. The van der Waals surface area contributed by atoms with Crippen molar-refractivity contribution in [2.24, 2.45) is 0 Å². The molecule has 0 aliphatic rings. The number of carbonyl (C=O) groups is 1. The lowest BCUT2D eigenvalue weighted by Crippen LogP contribution is -2.14. The van der Waals surface area contributed by atoms with Crippen molar-refractivity contribution in [3.63, 3.8) is 0 Å². The summed E-state index contributed by atoms with van der Waals surface area (Å²) in [5.74, 6) is -2.49. The van der Waals surface area contributed by atoms with Gasteiger partial charge in [0.2, 0.25) is 5.78 Å². The van der Waals surface area contributed by atoms with Crippen molar-refractivity contribution in [2.45, 2.75) is 12.8 Å². The second kappa shape index (κ2) is 5.47. The van der Waals surface area contributed by atoms with Crippen LogP contribution in [0.4, 0.5) is 4.39 Å². The molecule has 0 spiro atoms. The number of hydrogen-bond acceptors (Lipinski definition) is 4. The topological polar surface area (TPSA) is 53.8 Å². The largest absolute Gasteiger partial charge is 0.291 e. The van der Waals surface area contributed by atoms with Crippen molar-refractivity contribution in [2.75, 3.05) is 0 Å². The maximum atomic E-state index is 13.8. The molecule has 2 rings (SSSR count). The monoisotopic (exact) mass is 294 g/mol. The van der Waals surface area contributed by atoms with E-state index < -0.39 is 17.5 Å². The number of nitriles is 1. The highest BCUT2D eigenvalue weighted by molar-refractivity contribution is 7.09. The van der Waals surface area contributed by atoms with Crippen LogP contribution in [0.1, 0.15) is 27.0 Å². The van der Waals surface area contributed by atoms with E-state index in [1.54, 1.807) is 18.4 Å². The average molecular weight is 295 g/mol. The van der Waals surface area contributed by atoms with Gasteiger partial charge in [0.05, 0.1) is 11.1 Å². The first-order chi connectivity index (χ1) is 9.04.